The van der Waals surface area contributed by atoms with Crippen LogP contribution in [0.1, 0.15) is 27.8 Å². The first-order valence-electron chi connectivity index (χ1n) is 10.1. The van der Waals surface area contributed by atoms with Gasteiger partial charge >= 0.3 is 0 Å². The Labute approximate surface area is 191 Å². The molecule has 4 aromatic carbocycles. The third-order valence-corrected chi connectivity index (χ3v) is 9.01. The van der Waals surface area contributed by atoms with Crippen molar-refractivity contribution >= 4 is 25.8 Å². The van der Waals surface area contributed by atoms with Crippen molar-refractivity contribution in [2.75, 3.05) is 0 Å². The molecule has 1 unspecified atom stereocenters. The second-order valence-electron chi connectivity index (χ2n) is 8.10. The molecule has 0 N–H and O–H groups in total. The fourth-order valence-corrected chi connectivity index (χ4v) is 7.24. The average molecular weight is 489 g/mol. The predicted octanol–water partition coefficient (Wildman–Crippen LogP) is 6.81. The largest absolute Gasteiger partial charge is 0.222 e. The zero-order valence-electron chi connectivity index (χ0n) is 17.3. The molecule has 0 bridgehead atoms. The Morgan fingerprint density at radius 2 is 1.35 bits per heavy atom. The fraction of sp³-hybridized carbons (Fsp3) is 0.111. The molecule has 1 atom stereocenters. The molecule has 0 radical (unpaired) electrons. The van der Waals surface area contributed by atoms with E-state index in [9.17, 15) is 8.42 Å². The van der Waals surface area contributed by atoms with Crippen molar-refractivity contribution in [1.29, 1.82) is 0 Å². The second kappa shape index (κ2) is 7.18. The van der Waals surface area contributed by atoms with E-state index in [4.69, 9.17) is 0 Å². The number of halogens is 1. The highest BCUT2D eigenvalue weighted by Gasteiger charge is 2.55. The van der Waals surface area contributed by atoms with Crippen molar-refractivity contribution in [3.05, 3.63) is 123 Å². The first-order chi connectivity index (χ1) is 14.9. The molecule has 5 rings (SSSR count). The molecule has 2 nitrogen and oxygen atoms in total. The molecule has 0 aromatic heterocycles. The minimum Gasteiger partial charge on any atom is -0.222 e. The lowest BCUT2D eigenvalue weighted by molar-refractivity contribution is 0.574. The van der Waals surface area contributed by atoms with Gasteiger partial charge in [-0.2, -0.15) is 0 Å². The number of hydrogen-bond acceptors (Lipinski definition) is 2. The molecule has 0 saturated heterocycles. The Morgan fingerprint density at radius 1 is 0.677 bits per heavy atom. The van der Waals surface area contributed by atoms with Crippen LogP contribution in [-0.4, -0.2) is 8.42 Å². The van der Waals surface area contributed by atoms with Crippen molar-refractivity contribution in [2.24, 2.45) is 0 Å². The Bertz CT molecular complexity index is 1420. The van der Waals surface area contributed by atoms with Crippen molar-refractivity contribution in [3.63, 3.8) is 0 Å². The van der Waals surface area contributed by atoms with Crippen molar-refractivity contribution in [2.45, 2.75) is 23.5 Å². The quantitative estimate of drug-likeness (QED) is 0.317. The molecule has 4 aromatic rings. The van der Waals surface area contributed by atoms with Gasteiger partial charge in [0.25, 0.3) is 0 Å². The lowest BCUT2D eigenvalue weighted by Gasteiger charge is -2.33. The highest BCUT2D eigenvalue weighted by Crippen LogP contribution is 2.57. The van der Waals surface area contributed by atoms with Gasteiger partial charge in [-0.15, -0.1) is 0 Å². The topological polar surface area (TPSA) is 34.1 Å². The van der Waals surface area contributed by atoms with Gasteiger partial charge < -0.3 is 0 Å². The second-order valence-corrected chi connectivity index (χ2v) is 11.1. The molecule has 1 aliphatic rings. The van der Waals surface area contributed by atoms with E-state index in [2.05, 4.69) is 22.0 Å². The molecule has 0 aliphatic heterocycles. The highest BCUT2D eigenvalue weighted by atomic mass is 79.9. The van der Waals surface area contributed by atoms with Gasteiger partial charge in [0.1, 0.15) is 0 Å². The lowest BCUT2D eigenvalue weighted by atomic mass is 9.87. The van der Waals surface area contributed by atoms with E-state index in [1.165, 1.54) is 0 Å². The maximum atomic E-state index is 14.6. The van der Waals surface area contributed by atoms with Gasteiger partial charge in [-0.25, -0.2) is 8.42 Å². The van der Waals surface area contributed by atoms with E-state index in [1.807, 2.05) is 74.5 Å². The SMILES string of the molecule is Cc1cccc(C2(S(=O)(=O)c3ccc(Br)cc3)c3ccccc3-c3ccc(C)cc32)c1. The Morgan fingerprint density at radius 3 is 2.10 bits per heavy atom. The van der Waals surface area contributed by atoms with Crippen LogP contribution in [0.15, 0.2) is 100 Å². The maximum Gasteiger partial charge on any atom is 0.196 e. The summed E-state index contributed by atoms with van der Waals surface area (Å²) in [6.45, 7) is 4.01. The average Bonchev–Trinajstić information content (AvgIpc) is 3.05. The summed E-state index contributed by atoms with van der Waals surface area (Å²) in [4.78, 5) is 0.307. The van der Waals surface area contributed by atoms with Gasteiger partial charge in [0.05, 0.1) is 4.90 Å². The van der Waals surface area contributed by atoms with E-state index in [0.717, 1.165) is 43.4 Å². The molecule has 154 valence electrons. The van der Waals surface area contributed by atoms with Crippen LogP contribution in [-0.2, 0) is 14.6 Å². The minimum absolute atomic E-state index is 0.307. The minimum atomic E-state index is -3.85. The van der Waals surface area contributed by atoms with Crippen molar-refractivity contribution in [1.82, 2.24) is 0 Å². The summed E-state index contributed by atoms with van der Waals surface area (Å²) in [6, 6.07) is 28.9. The highest BCUT2D eigenvalue weighted by molar-refractivity contribution is 9.10. The first-order valence-corrected chi connectivity index (χ1v) is 12.4. The third-order valence-electron chi connectivity index (χ3n) is 6.10. The lowest BCUT2D eigenvalue weighted by Crippen LogP contribution is -2.37. The third kappa shape index (κ3) is 2.85. The van der Waals surface area contributed by atoms with Crippen LogP contribution < -0.4 is 0 Å². The number of aryl methyl sites for hydroxylation is 2. The van der Waals surface area contributed by atoms with Crippen LogP contribution in [0, 0.1) is 13.8 Å². The van der Waals surface area contributed by atoms with Gasteiger partial charge in [-0.3, -0.25) is 0 Å². The summed E-state index contributed by atoms with van der Waals surface area (Å²) in [7, 11) is -3.85. The number of benzene rings is 4. The van der Waals surface area contributed by atoms with Crippen LogP contribution in [0.5, 0.6) is 0 Å². The zero-order chi connectivity index (χ0) is 21.8. The van der Waals surface area contributed by atoms with Crippen LogP contribution in [0.4, 0.5) is 0 Å². The fourth-order valence-electron chi connectivity index (χ4n) is 4.76. The van der Waals surface area contributed by atoms with Crippen LogP contribution in [0.3, 0.4) is 0 Å². The molecular weight excluding hydrogens is 468 g/mol. The summed E-state index contributed by atoms with van der Waals surface area (Å²) in [5.41, 5.74) is 6.41. The van der Waals surface area contributed by atoms with Crippen molar-refractivity contribution in [3.8, 4) is 11.1 Å². The van der Waals surface area contributed by atoms with Gasteiger partial charge in [-0.05, 0) is 65.9 Å². The summed E-state index contributed by atoms with van der Waals surface area (Å²) in [6.07, 6.45) is 0. The van der Waals surface area contributed by atoms with E-state index < -0.39 is 14.6 Å². The molecular formula is C27H21BrO2S. The van der Waals surface area contributed by atoms with Crippen LogP contribution >= 0.6 is 15.9 Å². The van der Waals surface area contributed by atoms with Gasteiger partial charge in [0, 0.05) is 4.47 Å². The van der Waals surface area contributed by atoms with Crippen molar-refractivity contribution < 1.29 is 8.42 Å². The molecule has 0 fully saturated rings. The standard InChI is InChI=1S/C27H21BrO2S/c1-18-6-5-7-20(16-18)27(31(29,30)22-13-11-21(28)12-14-22)25-9-4-3-8-23(25)24-15-10-19(2)17-26(24)27/h3-17H,1-2H3. The van der Waals surface area contributed by atoms with Crippen LogP contribution in [0.25, 0.3) is 11.1 Å². The Hall–Kier alpha value is -2.69. The molecule has 0 amide bonds. The molecule has 0 heterocycles. The van der Waals surface area contributed by atoms with Crippen LogP contribution in [0.2, 0.25) is 0 Å². The molecule has 1 aliphatic carbocycles. The molecule has 4 heteroatoms. The summed E-state index contributed by atoms with van der Waals surface area (Å²) < 4.78 is 28.7. The van der Waals surface area contributed by atoms with Gasteiger partial charge in [0.15, 0.2) is 14.6 Å². The monoisotopic (exact) mass is 488 g/mol. The molecule has 31 heavy (non-hydrogen) atoms. The van der Waals surface area contributed by atoms with E-state index in [1.54, 1.807) is 24.3 Å². The van der Waals surface area contributed by atoms with E-state index in [0.29, 0.717) is 4.90 Å². The van der Waals surface area contributed by atoms with E-state index in [-0.39, 0.29) is 0 Å². The summed E-state index contributed by atoms with van der Waals surface area (Å²) in [5, 5.41) is 0. The number of fused-ring (bicyclic) bond motifs is 3. The molecule has 0 spiro atoms. The summed E-state index contributed by atoms with van der Waals surface area (Å²) >= 11 is 3.43. The maximum absolute atomic E-state index is 14.6. The smallest absolute Gasteiger partial charge is 0.196 e. The zero-order valence-corrected chi connectivity index (χ0v) is 19.7. The predicted molar refractivity (Wildman–Crippen MR) is 129 cm³/mol. The number of sulfone groups is 1. The normalized spacial score (nSPS) is 17.3. The summed E-state index contributed by atoms with van der Waals surface area (Å²) in [5.74, 6) is 0. The van der Waals surface area contributed by atoms with Gasteiger partial charge in [0.2, 0.25) is 0 Å². The first kappa shape index (κ1) is 20.2. The number of hydrogen-bond donors (Lipinski definition) is 0. The Kier molecular flexibility index (Phi) is 4.68. The Balaban J connectivity index is 1.98. The van der Waals surface area contributed by atoms with E-state index >= 15 is 0 Å². The number of rotatable bonds is 3. The molecule has 0 saturated carbocycles. The van der Waals surface area contributed by atoms with Gasteiger partial charge in [-0.1, -0.05) is 93.8 Å².